The number of hydrogen-bond donors (Lipinski definition) is 0. The lowest BCUT2D eigenvalue weighted by atomic mass is 10.2. The molecule has 0 saturated heterocycles. The smallest absolute Gasteiger partial charge is 0.249 e. The summed E-state index contributed by atoms with van der Waals surface area (Å²) >= 11 is 0. The van der Waals surface area contributed by atoms with Gasteiger partial charge in [0.2, 0.25) is 11.7 Å². The Bertz CT molecular complexity index is 983. The Labute approximate surface area is 144 Å². The van der Waals surface area contributed by atoms with Crippen LogP contribution in [-0.2, 0) is 0 Å². The van der Waals surface area contributed by atoms with Crippen LogP contribution in [0.1, 0.15) is 30.2 Å². The first-order valence-corrected chi connectivity index (χ1v) is 7.93. The van der Waals surface area contributed by atoms with E-state index in [0.29, 0.717) is 11.7 Å². The minimum absolute atomic E-state index is 0.0781. The van der Waals surface area contributed by atoms with Crippen LogP contribution in [0.3, 0.4) is 0 Å². The van der Waals surface area contributed by atoms with E-state index in [1.54, 1.807) is 18.7 Å². The molecule has 0 bridgehead atoms. The van der Waals surface area contributed by atoms with E-state index in [2.05, 4.69) is 25.2 Å². The second-order valence-electron chi connectivity index (χ2n) is 5.89. The molecule has 0 fully saturated rings. The van der Waals surface area contributed by atoms with Crippen molar-refractivity contribution < 1.29 is 4.52 Å². The first-order chi connectivity index (χ1) is 12.1. The molecule has 0 spiro atoms. The van der Waals surface area contributed by atoms with Gasteiger partial charge >= 0.3 is 0 Å². The molecule has 4 heterocycles. The molecule has 4 aromatic heterocycles. The lowest BCUT2D eigenvalue weighted by molar-refractivity contribution is 0.345. The molecule has 0 aromatic carbocycles. The monoisotopic (exact) mass is 335 g/mol. The van der Waals surface area contributed by atoms with E-state index in [0.717, 1.165) is 22.8 Å². The number of imidazole rings is 1. The summed E-state index contributed by atoms with van der Waals surface area (Å²) in [5, 5.41) is 8.49. The number of aromatic nitrogens is 7. The predicted molar refractivity (Wildman–Crippen MR) is 90.2 cm³/mol. The molecule has 126 valence electrons. The second kappa shape index (κ2) is 5.97. The molecule has 0 unspecified atom stereocenters. The van der Waals surface area contributed by atoms with Crippen LogP contribution in [0.15, 0.2) is 47.6 Å². The fourth-order valence-electron chi connectivity index (χ4n) is 2.65. The third-order valence-corrected chi connectivity index (χ3v) is 4.00. The lowest BCUT2D eigenvalue weighted by Gasteiger charge is -2.06. The van der Waals surface area contributed by atoms with E-state index in [1.165, 1.54) is 0 Å². The fourth-order valence-corrected chi connectivity index (χ4v) is 2.65. The molecule has 0 aliphatic heterocycles. The van der Waals surface area contributed by atoms with Crippen molar-refractivity contribution >= 4 is 0 Å². The van der Waals surface area contributed by atoms with E-state index in [-0.39, 0.29) is 6.04 Å². The Balaban J connectivity index is 1.60. The topological polar surface area (TPSA) is 87.5 Å². The van der Waals surface area contributed by atoms with Gasteiger partial charge in [0, 0.05) is 29.8 Å². The van der Waals surface area contributed by atoms with Crippen molar-refractivity contribution in [1.82, 2.24) is 34.5 Å². The van der Waals surface area contributed by atoms with E-state index in [9.17, 15) is 0 Å². The van der Waals surface area contributed by atoms with Crippen LogP contribution < -0.4 is 0 Å². The summed E-state index contributed by atoms with van der Waals surface area (Å²) < 4.78 is 9.10. The molecule has 4 aromatic rings. The highest BCUT2D eigenvalue weighted by Crippen LogP contribution is 2.21. The molecular weight excluding hydrogens is 318 g/mol. The normalized spacial score (nSPS) is 12.4. The average Bonchev–Trinajstić information content (AvgIpc) is 3.35. The molecule has 8 heteroatoms. The molecule has 25 heavy (non-hydrogen) atoms. The van der Waals surface area contributed by atoms with Gasteiger partial charge in [0.15, 0.2) is 5.82 Å². The summed E-state index contributed by atoms with van der Waals surface area (Å²) in [4.78, 5) is 13.0. The zero-order chi connectivity index (χ0) is 17.4. The third-order valence-electron chi connectivity index (χ3n) is 4.00. The zero-order valence-corrected chi connectivity index (χ0v) is 14.2. The molecular formula is C17H17N7O. The quantitative estimate of drug-likeness (QED) is 0.570. The lowest BCUT2D eigenvalue weighted by Crippen LogP contribution is -2.04. The SMILES string of the molecule is Cc1cc(C)n(-c2ccc(-c3noc([C@H](C)n4ccnc4)n3)cn2)n1. The van der Waals surface area contributed by atoms with Crippen molar-refractivity contribution in [3.8, 4) is 17.2 Å². The number of pyridine rings is 1. The molecule has 1 atom stereocenters. The standard InChI is InChI=1S/C17H17N7O/c1-11-8-12(2)24(21-11)15-5-4-14(9-19-15)16-20-17(25-22-16)13(3)23-7-6-18-10-23/h4-10,13H,1-3H3/t13-/m0/s1. The van der Waals surface area contributed by atoms with Gasteiger partial charge in [-0.1, -0.05) is 5.16 Å². The van der Waals surface area contributed by atoms with Gasteiger partial charge in [-0.3, -0.25) is 0 Å². The minimum atomic E-state index is -0.0781. The van der Waals surface area contributed by atoms with Crippen molar-refractivity contribution in [2.24, 2.45) is 0 Å². The van der Waals surface area contributed by atoms with Crippen LogP contribution >= 0.6 is 0 Å². The summed E-state index contributed by atoms with van der Waals surface area (Å²) in [6, 6.07) is 5.74. The number of hydrogen-bond acceptors (Lipinski definition) is 6. The molecule has 0 N–H and O–H groups in total. The molecule has 0 saturated carbocycles. The van der Waals surface area contributed by atoms with Crippen LogP contribution in [0.4, 0.5) is 0 Å². The van der Waals surface area contributed by atoms with Gasteiger partial charge in [-0.05, 0) is 39.0 Å². The van der Waals surface area contributed by atoms with Gasteiger partial charge in [0.05, 0.1) is 12.0 Å². The molecule has 0 radical (unpaired) electrons. The molecule has 0 aliphatic carbocycles. The summed E-state index contributed by atoms with van der Waals surface area (Å²) in [5.74, 6) is 1.79. The highest BCUT2D eigenvalue weighted by atomic mass is 16.5. The molecule has 0 aliphatic rings. The Morgan fingerprint density at radius 1 is 1.20 bits per heavy atom. The second-order valence-corrected chi connectivity index (χ2v) is 5.89. The maximum absolute atomic E-state index is 5.39. The fraction of sp³-hybridized carbons (Fsp3) is 0.235. The molecule has 0 amide bonds. The Morgan fingerprint density at radius 2 is 2.08 bits per heavy atom. The van der Waals surface area contributed by atoms with E-state index in [1.807, 2.05) is 54.4 Å². The molecule has 8 nitrogen and oxygen atoms in total. The van der Waals surface area contributed by atoms with Crippen molar-refractivity contribution in [3.05, 3.63) is 60.4 Å². The predicted octanol–water partition coefficient (Wildman–Crippen LogP) is 2.74. The highest BCUT2D eigenvalue weighted by Gasteiger charge is 2.17. The largest absolute Gasteiger partial charge is 0.337 e. The Hall–Kier alpha value is -3.29. The van der Waals surface area contributed by atoms with Gasteiger partial charge in [-0.2, -0.15) is 10.1 Å². The van der Waals surface area contributed by atoms with Gasteiger partial charge in [-0.25, -0.2) is 14.6 Å². The van der Waals surface area contributed by atoms with Crippen molar-refractivity contribution in [1.29, 1.82) is 0 Å². The summed E-state index contributed by atoms with van der Waals surface area (Å²) in [5.41, 5.74) is 2.78. The minimum Gasteiger partial charge on any atom is -0.337 e. The van der Waals surface area contributed by atoms with E-state index in [4.69, 9.17) is 4.52 Å². The maximum Gasteiger partial charge on any atom is 0.249 e. The maximum atomic E-state index is 5.39. The molecule has 4 rings (SSSR count). The Morgan fingerprint density at radius 3 is 2.72 bits per heavy atom. The summed E-state index contributed by atoms with van der Waals surface area (Å²) in [6.07, 6.45) is 7.02. The van der Waals surface area contributed by atoms with Crippen LogP contribution in [0.25, 0.3) is 17.2 Å². The average molecular weight is 335 g/mol. The zero-order valence-electron chi connectivity index (χ0n) is 14.2. The Kier molecular flexibility index (Phi) is 3.64. The highest BCUT2D eigenvalue weighted by molar-refractivity contribution is 5.53. The van der Waals surface area contributed by atoms with Crippen molar-refractivity contribution in [3.63, 3.8) is 0 Å². The first kappa shape index (κ1) is 15.3. The van der Waals surface area contributed by atoms with Gasteiger partial charge in [0.1, 0.15) is 6.04 Å². The van der Waals surface area contributed by atoms with Gasteiger partial charge in [0.25, 0.3) is 0 Å². The number of nitrogens with zero attached hydrogens (tertiary/aromatic N) is 7. The summed E-state index contributed by atoms with van der Waals surface area (Å²) in [6.45, 7) is 5.93. The van der Waals surface area contributed by atoms with Gasteiger partial charge < -0.3 is 9.09 Å². The number of rotatable bonds is 4. The van der Waals surface area contributed by atoms with Crippen LogP contribution in [0.2, 0.25) is 0 Å². The van der Waals surface area contributed by atoms with Crippen LogP contribution in [0, 0.1) is 13.8 Å². The summed E-state index contributed by atoms with van der Waals surface area (Å²) in [7, 11) is 0. The van der Waals surface area contributed by atoms with Crippen molar-refractivity contribution in [2.75, 3.05) is 0 Å². The van der Waals surface area contributed by atoms with Crippen molar-refractivity contribution in [2.45, 2.75) is 26.8 Å². The van der Waals surface area contributed by atoms with E-state index < -0.39 is 0 Å². The first-order valence-electron chi connectivity index (χ1n) is 7.93. The third kappa shape index (κ3) is 2.82. The van der Waals surface area contributed by atoms with E-state index >= 15 is 0 Å². The van der Waals surface area contributed by atoms with Crippen LogP contribution in [-0.4, -0.2) is 34.5 Å². The van der Waals surface area contributed by atoms with Gasteiger partial charge in [-0.15, -0.1) is 0 Å². The van der Waals surface area contributed by atoms with Crippen LogP contribution in [0.5, 0.6) is 0 Å². The number of aryl methyl sites for hydroxylation is 2.